The highest BCUT2D eigenvalue weighted by molar-refractivity contribution is 7.92. The van der Waals surface area contributed by atoms with E-state index in [1.54, 1.807) is 19.1 Å². The molecule has 0 saturated heterocycles. The van der Waals surface area contributed by atoms with Gasteiger partial charge in [-0.3, -0.25) is 4.72 Å². The molecule has 0 atom stereocenters. The van der Waals surface area contributed by atoms with E-state index in [0.29, 0.717) is 17.0 Å². The Morgan fingerprint density at radius 3 is 2.52 bits per heavy atom. The molecule has 0 aliphatic heterocycles. The Hall–Kier alpha value is -2.28. The number of methoxy groups -OCH3 is 1. The minimum Gasteiger partial charge on any atom is -0.495 e. The van der Waals surface area contributed by atoms with Crippen LogP contribution in [0.4, 0.5) is 15.8 Å². The second kappa shape index (κ2) is 5.61. The van der Waals surface area contributed by atoms with Crippen molar-refractivity contribution < 1.29 is 17.5 Å². The summed E-state index contributed by atoms with van der Waals surface area (Å²) in [6.45, 7) is 1.56. The average Bonchev–Trinajstić information content (AvgIpc) is 2.41. The van der Waals surface area contributed by atoms with Gasteiger partial charge < -0.3 is 10.5 Å². The minimum atomic E-state index is -3.93. The Morgan fingerprint density at radius 2 is 1.90 bits per heavy atom. The summed E-state index contributed by atoms with van der Waals surface area (Å²) in [4.78, 5) is -0.171. The molecule has 2 aromatic carbocycles. The fourth-order valence-corrected chi connectivity index (χ4v) is 2.82. The monoisotopic (exact) mass is 310 g/mol. The van der Waals surface area contributed by atoms with Gasteiger partial charge in [0.05, 0.1) is 17.7 Å². The molecule has 0 amide bonds. The Bertz CT molecular complexity index is 776. The number of anilines is 2. The third-order valence-electron chi connectivity index (χ3n) is 2.92. The van der Waals surface area contributed by atoms with Crippen LogP contribution in [-0.4, -0.2) is 15.5 Å². The van der Waals surface area contributed by atoms with Gasteiger partial charge in [-0.05, 0) is 42.8 Å². The molecule has 3 N–H and O–H groups in total. The number of rotatable bonds is 4. The van der Waals surface area contributed by atoms with E-state index >= 15 is 0 Å². The number of halogens is 1. The number of ether oxygens (including phenoxy) is 1. The first-order valence-electron chi connectivity index (χ1n) is 6.06. The number of hydrogen-bond donors (Lipinski definition) is 2. The Kier molecular flexibility index (Phi) is 4.04. The average molecular weight is 310 g/mol. The SMILES string of the molecule is COc1ccc(N)cc1NS(=O)(=O)c1ccc(C)c(F)c1. The van der Waals surface area contributed by atoms with Gasteiger partial charge >= 0.3 is 0 Å². The highest BCUT2D eigenvalue weighted by Crippen LogP contribution is 2.29. The number of nitrogens with two attached hydrogens (primary N) is 1. The molecule has 112 valence electrons. The lowest BCUT2D eigenvalue weighted by atomic mass is 10.2. The number of hydrogen-bond acceptors (Lipinski definition) is 4. The quantitative estimate of drug-likeness (QED) is 0.850. The fraction of sp³-hybridized carbons (Fsp3) is 0.143. The molecule has 5 nitrogen and oxygen atoms in total. The molecular weight excluding hydrogens is 295 g/mol. The third kappa shape index (κ3) is 3.25. The summed E-state index contributed by atoms with van der Waals surface area (Å²) >= 11 is 0. The Balaban J connectivity index is 2.41. The van der Waals surface area contributed by atoms with Crippen LogP contribution >= 0.6 is 0 Å². The molecule has 0 fully saturated rings. The maximum Gasteiger partial charge on any atom is 0.262 e. The molecule has 0 spiro atoms. The predicted octanol–water partition coefficient (Wildman–Crippen LogP) is 2.53. The van der Waals surface area contributed by atoms with Crippen LogP contribution in [0.15, 0.2) is 41.3 Å². The fourth-order valence-electron chi connectivity index (χ4n) is 1.75. The van der Waals surface area contributed by atoms with Crippen molar-refractivity contribution in [3.8, 4) is 5.75 Å². The van der Waals surface area contributed by atoms with Crippen molar-refractivity contribution in [1.29, 1.82) is 0 Å². The standard InChI is InChI=1S/C14H15FN2O3S/c1-9-3-5-11(8-12(9)15)21(18,19)17-13-7-10(16)4-6-14(13)20-2/h3-8,17H,16H2,1-2H3. The van der Waals surface area contributed by atoms with Gasteiger partial charge in [0, 0.05) is 5.69 Å². The number of sulfonamides is 1. The van der Waals surface area contributed by atoms with Crippen molar-refractivity contribution in [2.45, 2.75) is 11.8 Å². The van der Waals surface area contributed by atoms with Crippen molar-refractivity contribution >= 4 is 21.4 Å². The molecule has 7 heteroatoms. The number of nitrogens with one attached hydrogen (secondary N) is 1. The zero-order valence-corrected chi connectivity index (χ0v) is 12.4. The lowest BCUT2D eigenvalue weighted by Gasteiger charge is -2.12. The van der Waals surface area contributed by atoms with E-state index < -0.39 is 15.8 Å². The lowest BCUT2D eigenvalue weighted by Crippen LogP contribution is -2.14. The number of nitrogen functional groups attached to an aromatic ring is 1. The van der Waals surface area contributed by atoms with Gasteiger partial charge in [-0.25, -0.2) is 12.8 Å². The molecule has 0 saturated carbocycles. The van der Waals surface area contributed by atoms with Crippen molar-refractivity contribution in [3.63, 3.8) is 0 Å². The summed E-state index contributed by atoms with van der Waals surface area (Å²) in [6.07, 6.45) is 0. The first kappa shape index (κ1) is 15.1. The molecule has 0 heterocycles. The summed E-state index contributed by atoms with van der Waals surface area (Å²) in [5, 5.41) is 0. The van der Waals surface area contributed by atoms with Gasteiger partial charge in [-0.15, -0.1) is 0 Å². The first-order valence-corrected chi connectivity index (χ1v) is 7.54. The van der Waals surface area contributed by atoms with Crippen LogP contribution in [0.3, 0.4) is 0 Å². The molecular formula is C14H15FN2O3S. The largest absolute Gasteiger partial charge is 0.495 e. The second-order valence-electron chi connectivity index (χ2n) is 4.48. The topological polar surface area (TPSA) is 81.4 Å². The van der Waals surface area contributed by atoms with Crippen molar-refractivity contribution in [3.05, 3.63) is 47.8 Å². The molecule has 0 aromatic heterocycles. The summed E-state index contributed by atoms with van der Waals surface area (Å²) in [5.74, 6) is -0.266. The van der Waals surface area contributed by atoms with Gasteiger partial charge in [-0.1, -0.05) is 6.07 Å². The van der Waals surface area contributed by atoms with Crippen molar-refractivity contribution in [2.24, 2.45) is 0 Å². The molecule has 0 unspecified atom stereocenters. The molecule has 0 aliphatic carbocycles. The lowest BCUT2D eigenvalue weighted by molar-refractivity contribution is 0.417. The zero-order chi connectivity index (χ0) is 15.6. The maximum absolute atomic E-state index is 13.5. The van der Waals surface area contributed by atoms with Crippen molar-refractivity contribution in [2.75, 3.05) is 17.6 Å². The van der Waals surface area contributed by atoms with Crippen LogP contribution in [0.25, 0.3) is 0 Å². The van der Waals surface area contributed by atoms with E-state index in [2.05, 4.69) is 4.72 Å². The van der Waals surface area contributed by atoms with Gasteiger partial charge in [0.1, 0.15) is 11.6 Å². The number of aryl methyl sites for hydroxylation is 1. The highest BCUT2D eigenvalue weighted by atomic mass is 32.2. The van der Waals surface area contributed by atoms with Crippen LogP contribution in [0.2, 0.25) is 0 Å². The maximum atomic E-state index is 13.5. The molecule has 2 aromatic rings. The van der Waals surface area contributed by atoms with E-state index in [1.165, 1.54) is 25.3 Å². The molecule has 0 aliphatic rings. The van der Waals surface area contributed by atoms with E-state index in [4.69, 9.17) is 10.5 Å². The zero-order valence-electron chi connectivity index (χ0n) is 11.6. The Labute approximate surface area is 122 Å². The number of benzene rings is 2. The normalized spacial score (nSPS) is 11.2. The van der Waals surface area contributed by atoms with E-state index in [-0.39, 0.29) is 10.6 Å². The molecule has 0 bridgehead atoms. The van der Waals surface area contributed by atoms with Gasteiger partial charge in [-0.2, -0.15) is 0 Å². The molecule has 2 rings (SSSR count). The predicted molar refractivity (Wildman–Crippen MR) is 79.4 cm³/mol. The summed E-state index contributed by atoms with van der Waals surface area (Å²) in [5.41, 5.74) is 6.58. The van der Waals surface area contributed by atoms with Crippen LogP contribution < -0.4 is 15.2 Å². The Morgan fingerprint density at radius 1 is 1.19 bits per heavy atom. The minimum absolute atomic E-state index is 0.171. The first-order chi connectivity index (χ1) is 9.83. The molecule has 21 heavy (non-hydrogen) atoms. The van der Waals surface area contributed by atoms with Crippen LogP contribution in [-0.2, 0) is 10.0 Å². The van der Waals surface area contributed by atoms with Crippen LogP contribution in [0.5, 0.6) is 5.75 Å². The van der Waals surface area contributed by atoms with Gasteiger partial charge in [0.2, 0.25) is 0 Å². The van der Waals surface area contributed by atoms with Crippen LogP contribution in [0, 0.1) is 12.7 Å². The molecule has 0 radical (unpaired) electrons. The van der Waals surface area contributed by atoms with E-state index in [9.17, 15) is 12.8 Å². The van der Waals surface area contributed by atoms with E-state index in [0.717, 1.165) is 6.07 Å². The highest BCUT2D eigenvalue weighted by Gasteiger charge is 2.18. The smallest absolute Gasteiger partial charge is 0.262 e. The summed E-state index contributed by atoms with van der Waals surface area (Å²) in [7, 11) is -2.52. The van der Waals surface area contributed by atoms with E-state index in [1.807, 2.05) is 0 Å². The van der Waals surface area contributed by atoms with Crippen LogP contribution in [0.1, 0.15) is 5.56 Å². The summed E-state index contributed by atoms with van der Waals surface area (Å²) in [6, 6.07) is 8.27. The second-order valence-corrected chi connectivity index (χ2v) is 6.16. The summed E-state index contributed by atoms with van der Waals surface area (Å²) < 4.78 is 45.5. The third-order valence-corrected chi connectivity index (χ3v) is 4.28. The van der Waals surface area contributed by atoms with Gasteiger partial charge in [0.15, 0.2) is 0 Å². The van der Waals surface area contributed by atoms with Crippen molar-refractivity contribution in [1.82, 2.24) is 0 Å². The van der Waals surface area contributed by atoms with Gasteiger partial charge in [0.25, 0.3) is 10.0 Å².